The van der Waals surface area contributed by atoms with Gasteiger partial charge in [-0.15, -0.1) is 0 Å². The first-order valence-electron chi connectivity index (χ1n) is 13.4. The van der Waals surface area contributed by atoms with Gasteiger partial charge in [0.25, 0.3) is 0 Å². The fourth-order valence-corrected chi connectivity index (χ4v) is 3.33. The van der Waals surface area contributed by atoms with Crippen LogP contribution in [0.4, 0.5) is 0 Å². The first-order valence-corrected chi connectivity index (χ1v) is 17.6. The van der Waals surface area contributed by atoms with Crippen molar-refractivity contribution in [2.75, 3.05) is 13.1 Å². The van der Waals surface area contributed by atoms with Crippen molar-refractivity contribution in [2.45, 2.75) is 148 Å². The summed E-state index contributed by atoms with van der Waals surface area (Å²) in [5.41, 5.74) is 8.40. The summed E-state index contributed by atoms with van der Waals surface area (Å²) in [6.45, 7) is 6.80. The minimum atomic E-state index is -4.62. The Morgan fingerprint density at radius 2 is 0.645 bits per heavy atom. The van der Waals surface area contributed by atoms with Crippen molar-refractivity contribution >= 4 is 14.2 Å². The van der Waals surface area contributed by atoms with Gasteiger partial charge in [0, 0.05) is 0 Å². The second-order valence-corrected chi connectivity index (χ2v) is 12.1. The molecule has 0 fully saturated rings. The van der Waals surface area contributed by atoms with E-state index in [9.17, 15) is 0 Å². The Balaban J connectivity index is -0.000000416. The molecule has 5 nitrogen and oxygen atoms in total. The average molecular weight is 511 g/mol. The van der Waals surface area contributed by atoms with E-state index in [2.05, 4.69) is 25.3 Å². The third-order valence-electron chi connectivity index (χ3n) is 5.21. The van der Waals surface area contributed by atoms with Crippen molar-refractivity contribution in [2.24, 2.45) is 0 Å². The van der Waals surface area contributed by atoms with E-state index >= 15 is 0 Å². The maximum atomic E-state index is 9.16. The molecule has 0 spiro atoms. The molecule has 0 saturated heterocycles. The molecule has 0 heterocycles. The van der Waals surface area contributed by atoms with Gasteiger partial charge < -0.3 is 11.5 Å². The number of quaternary nitrogens is 2. The fourth-order valence-electron chi connectivity index (χ4n) is 3.33. The van der Waals surface area contributed by atoms with Crippen LogP contribution in [0.5, 0.6) is 0 Å². The SMILES string of the molecule is CCCCCCCCCCCC[NH3+].CCCCCCCCCCCC[NH3+].C[As](=O)([O-])[O-]. The van der Waals surface area contributed by atoms with Crippen LogP contribution in [0.15, 0.2) is 0 Å². The van der Waals surface area contributed by atoms with Gasteiger partial charge in [-0.3, -0.25) is 0 Å². The van der Waals surface area contributed by atoms with Gasteiger partial charge in [0.15, 0.2) is 0 Å². The van der Waals surface area contributed by atoms with Crippen molar-refractivity contribution in [1.29, 1.82) is 0 Å². The number of rotatable bonds is 20. The molecule has 192 valence electrons. The van der Waals surface area contributed by atoms with Crippen LogP contribution < -0.4 is 19.7 Å². The Morgan fingerprint density at radius 1 is 0.484 bits per heavy atom. The van der Waals surface area contributed by atoms with Crippen LogP contribution in [0.25, 0.3) is 0 Å². The Bertz CT molecular complexity index is 288. The monoisotopic (exact) mass is 510 g/mol. The van der Waals surface area contributed by atoms with E-state index < -0.39 is 14.2 Å². The van der Waals surface area contributed by atoms with Crippen molar-refractivity contribution in [1.82, 2.24) is 0 Å². The molecular formula is C25H59AsN2O3. The van der Waals surface area contributed by atoms with Gasteiger partial charge in [0.05, 0.1) is 13.1 Å². The van der Waals surface area contributed by atoms with Crippen LogP contribution in [0.1, 0.15) is 142 Å². The zero-order valence-corrected chi connectivity index (χ0v) is 23.5. The molecule has 0 saturated carbocycles. The second kappa shape index (κ2) is 32.4. The van der Waals surface area contributed by atoms with Crippen LogP contribution in [0.2, 0.25) is 5.71 Å². The summed E-state index contributed by atoms with van der Waals surface area (Å²) in [4.78, 5) is 0. The van der Waals surface area contributed by atoms with Gasteiger partial charge in [-0.25, -0.2) is 0 Å². The fraction of sp³-hybridized carbons (Fsp3) is 1.00. The molecule has 0 aromatic carbocycles. The van der Waals surface area contributed by atoms with Crippen molar-refractivity contribution in [3.63, 3.8) is 0 Å². The summed E-state index contributed by atoms with van der Waals surface area (Å²) < 4.78 is 27.5. The molecule has 6 heteroatoms. The molecule has 0 aliphatic heterocycles. The topological polar surface area (TPSA) is 118 Å². The van der Waals surface area contributed by atoms with Crippen LogP contribution in [-0.4, -0.2) is 27.3 Å². The molecule has 0 atom stereocenters. The van der Waals surface area contributed by atoms with E-state index in [0.29, 0.717) is 5.71 Å². The third kappa shape index (κ3) is 58.9. The summed E-state index contributed by atoms with van der Waals surface area (Å²) in [6, 6.07) is 0. The molecule has 0 bridgehead atoms. The Hall–Kier alpha value is 0.198. The summed E-state index contributed by atoms with van der Waals surface area (Å²) >= 11 is -4.62. The van der Waals surface area contributed by atoms with Crippen molar-refractivity contribution < 1.29 is 23.4 Å². The van der Waals surface area contributed by atoms with E-state index in [1.54, 1.807) is 0 Å². The Morgan fingerprint density at radius 3 is 0.806 bits per heavy atom. The van der Waals surface area contributed by atoms with Gasteiger partial charge >= 0.3 is 31.8 Å². The van der Waals surface area contributed by atoms with Crippen LogP contribution in [0, 0.1) is 0 Å². The average Bonchev–Trinajstić information content (AvgIpc) is 2.71. The first kappa shape index (κ1) is 35.8. The standard InChI is InChI=1S/2C12H27N.CH5AsO3/c2*1-2-3-4-5-6-7-8-9-10-11-12-13;1-2(3,4)5/h2*2-13H2,1H3;1H3,(H2,3,4,5). The van der Waals surface area contributed by atoms with Crippen LogP contribution in [0.3, 0.4) is 0 Å². The molecule has 0 unspecified atom stereocenters. The molecule has 31 heavy (non-hydrogen) atoms. The van der Waals surface area contributed by atoms with E-state index in [0.717, 1.165) is 13.1 Å². The predicted molar refractivity (Wildman–Crippen MR) is 132 cm³/mol. The molecule has 0 aliphatic carbocycles. The van der Waals surface area contributed by atoms with Gasteiger partial charge in [0.1, 0.15) is 0 Å². The summed E-state index contributed by atoms with van der Waals surface area (Å²) in [5.74, 6) is 0. The predicted octanol–water partition coefficient (Wildman–Crippen LogP) is 4.00. The summed E-state index contributed by atoms with van der Waals surface area (Å²) in [6.07, 6.45) is 28.5. The van der Waals surface area contributed by atoms with E-state index in [4.69, 9.17) is 11.9 Å². The summed E-state index contributed by atoms with van der Waals surface area (Å²) in [5, 5.41) is 0. The van der Waals surface area contributed by atoms with Crippen LogP contribution >= 0.6 is 0 Å². The van der Waals surface area contributed by atoms with Gasteiger partial charge in [-0.1, -0.05) is 117 Å². The normalized spacial score (nSPS) is 10.8. The minimum absolute atomic E-state index is 0.693. The number of hydrogen-bond donors (Lipinski definition) is 2. The van der Waals surface area contributed by atoms with Gasteiger partial charge in [-0.2, -0.15) is 0 Å². The Labute approximate surface area is 198 Å². The molecule has 0 aliphatic rings. The third-order valence-corrected chi connectivity index (χ3v) is 5.21. The molecule has 0 aromatic rings. The molecular weight excluding hydrogens is 451 g/mol. The Kier molecular flexibility index (Phi) is 37.4. The van der Waals surface area contributed by atoms with E-state index in [1.807, 2.05) is 0 Å². The first-order chi connectivity index (χ1) is 14.8. The van der Waals surface area contributed by atoms with Gasteiger partial charge in [0.2, 0.25) is 0 Å². The second-order valence-electron chi connectivity index (χ2n) is 8.84. The van der Waals surface area contributed by atoms with Crippen molar-refractivity contribution in [3.05, 3.63) is 0 Å². The molecule has 0 radical (unpaired) electrons. The van der Waals surface area contributed by atoms with Gasteiger partial charge in [-0.05, 0) is 25.7 Å². The molecule has 0 amide bonds. The summed E-state index contributed by atoms with van der Waals surface area (Å²) in [7, 11) is 0. The van der Waals surface area contributed by atoms with Crippen molar-refractivity contribution in [3.8, 4) is 0 Å². The zero-order valence-electron chi connectivity index (χ0n) is 21.6. The zero-order chi connectivity index (χ0) is 24.1. The quantitative estimate of drug-likeness (QED) is 0.190. The molecule has 6 N–H and O–H groups in total. The van der Waals surface area contributed by atoms with Crippen LogP contribution in [-0.2, 0) is 3.74 Å². The maximum absolute atomic E-state index is 9.16. The number of unbranched alkanes of at least 4 members (excludes halogenated alkanes) is 18. The number of hydrogen-bond acceptors (Lipinski definition) is 3. The van der Waals surface area contributed by atoms with E-state index in [-0.39, 0.29) is 0 Å². The molecule has 0 rings (SSSR count). The molecule has 0 aromatic heterocycles. The van der Waals surface area contributed by atoms with E-state index in [1.165, 1.54) is 128 Å².